The largest absolute Gasteiger partial charge is 0.495 e. The number of carbonyl (C=O) groups excluding carboxylic acids is 1. The number of rotatable bonds is 6. The second-order valence-corrected chi connectivity index (χ2v) is 9.97. The van der Waals surface area contributed by atoms with Crippen LogP contribution in [0.25, 0.3) is 0 Å². The summed E-state index contributed by atoms with van der Waals surface area (Å²) in [5.41, 5.74) is 2.13. The number of hydrogen-bond donors (Lipinski definition) is 1. The third-order valence-corrected chi connectivity index (χ3v) is 6.29. The zero-order valence-electron chi connectivity index (χ0n) is 18.8. The Balaban J connectivity index is 1.54. The van der Waals surface area contributed by atoms with Crippen LogP contribution in [-0.4, -0.2) is 42.8 Å². The molecule has 2 bridgehead atoms. The molecule has 2 saturated heterocycles. The summed E-state index contributed by atoms with van der Waals surface area (Å²) in [6.07, 6.45) is 7.76. The highest BCUT2D eigenvalue weighted by Crippen LogP contribution is 2.36. The predicted molar refractivity (Wildman–Crippen MR) is 118 cm³/mol. The number of ether oxygens (including phenoxy) is 2. The smallest absolute Gasteiger partial charge is 0.412 e. The van der Waals surface area contributed by atoms with Crippen molar-refractivity contribution in [3.8, 4) is 5.75 Å². The van der Waals surface area contributed by atoms with E-state index in [1.165, 1.54) is 38.6 Å². The fourth-order valence-corrected chi connectivity index (χ4v) is 4.89. The molecule has 1 N–H and O–H groups in total. The van der Waals surface area contributed by atoms with E-state index in [1.807, 2.05) is 25.1 Å². The molecule has 2 aliphatic rings. The van der Waals surface area contributed by atoms with Crippen LogP contribution < -0.4 is 10.1 Å². The minimum Gasteiger partial charge on any atom is -0.495 e. The fraction of sp³-hybridized carbons (Fsp3) is 0.708. The molecule has 2 heterocycles. The SMILES string of the molecule is COc1ccc(C)cc1NC(=O)OC1CC2CCCC(C1)N2CCCC(C)(C)C. The van der Waals surface area contributed by atoms with Gasteiger partial charge in [-0.1, -0.05) is 33.3 Å². The molecule has 2 unspecified atom stereocenters. The first-order valence-electron chi connectivity index (χ1n) is 11.1. The maximum absolute atomic E-state index is 12.5. The molecule has 2 aliphatic heterocycles. The highest BCUT2D eigenvalue weighted by atomic mass is 16.6. The molecule has 5 nitrogen and oxygen atoms in total. The zero-order chi connectivity index (χ0) is 21.0. The Bertz CT molecular complexity index is 684. The fourth-order valence-electron chi connectivity index (χ4n) is 4.89. The van der Waals surface area contributed by atoms with Gasteiger partial charge in [0.15, 0.2) is 0 Å². The van der Waals surface area contributed by atoms with Crippen molar-refractivity contribution in [2.75, 3.05) is 19.0 Å². The molecule has 2 atom stereocenters. The Morgan fingerprint density at radius 1 is 1.21 bits per heavy atom. The first-order valence-corrected chi connectivity index (χ1v) is 11.1. The van der Waals surface area contributed by atoms with Crippen LogP contribution in [-0.2, 0) is 4.74 Å². The van der Waals surface area contributed by atoms with Gasteiger partial charge in [0.25, 0.3) is 0 Å². The summed E-state index contributed by atoms with van der Waals surface area (Å²) >= 11 is 0. The third-order valence-electron chi connectivity index (χ3n) is 6.29. The van der Waals surface area contributed by atoms with Crippen molar-refractivity contribution < 1.29 is 14.3 Å². The molecule has 0 spiro atoms. The van der Waals surface area contributed by atoms with E-state index in [0.29, 0.717) is 28.9 Å². The van der Waals surface area contributed by atoms with Gasteiger partial charge in [-0.2, -0.15) is 0 Å². The first-order chi connectivity index (χ1) is 13.7. The number of piperidine rings is 2. The number of amides is 1. The summed E-state index contributed by atoms with van der Waals surface area (Å²) in [6, 6.07) is 6.84. The average molecular weight is 403 g/mol. The molecule has 1 aromatic carbocycles. The topological polar surface area (TPSA) is 50.8 Å². The second kappa shape index (κ2) is 9.38. The Kier molecular flexibility index (Phi) is 7.10. The van der Waals surface area contributed by atoms with Crippen molar-refractivity contribution >= 4 is 11.8 Å². The summed E-state index contributed by atoms with van der Waals surface area (Å²) in [6.45, 7) is 10.1. The van der Waals surface area contributed by atoms with Crippen molar-refractivity contribution in [1.29, 1.82) is 0 Å². The van der Waals surface area contributed by atoms with Crippen LogP contribution in [0.1, 0.15) is 71.3 Å². The van der Waals surface area contributed by atoms with E-state index in [4.69, 9.17) is 9.47 Å². The molecular formula is C24H38N2O3. The normalized spacial score (nSPS) is 24.8. The Morgan fingerprint density at radius 3 is 2.52 bits per heavy atom. The van der Waals surface area contributed by atoms with Gasteiger partial charge < -0.3 is 9.47 Å². The van der Waals surface area contributed by atoms with Gasteiger partial charge in [0.05, 0.1) is 12.8 Å². The Morgan fingerprint density at radius 2 is 1.90 bits per heavy atom. The summed E-state index contributed by atoms with van der Waals surface area (Å²) in [5.74, 6) is 0.651. The third kappa shape index (κ3) is 6.11. The van der Waals surface area contributed by atoms with Crippen LogP contribution >= 0.6 is 0 Å². The van der Waals surface area contributed by atoms with Gasteiger partial charge in [-0.15, -0.1) is 0 Å². The van der Waals surface area contributed by atoms with Crippen molar-refractivity contribution in [2.45, 2.75) is 90.8 Å². The molecule has 0 aliphatic carbocycles. The van der Waals surface area contributed by atoms with E-state index < -0.39 is 0 Å². The van der Waals surface area contributed by atoms with Crippen LogP contribution in [0.4, 0.5) is 10.5 Å². The number of nitrogens with one attached hydrogen (secondary N) is 1. The zero-order valence-corrected chi connectivity index (χ0v) is 18.8. The maximum Gasteiger partial charge on any atom is 0.412 e. The molecule has 1 aromatic rings. The molecule has 162 valence electrons. The van der Waals surface area contributed by atoms with Gasteiger partial charge in [-0.25, -0.2) is 4.79 Å². The molecule has 3 rings (SSSR count). The number of carbonyl (C=O) groups is 1. The van der Waals surface area contributed by atoms with Crippen molar-refractivity contribution in [3.63, 3.8) is 0 Å². The van der Waals surface area contributed by atoms with E-state index in [2.05, 4.69) is 31.0 Å². The van der Waals surface area contributed by atoms with Gasteiger partial charge in [0.2, 0.25) is 0 Å². The lowest BCUT2D eigenvalue weighted by molar-refractivity contribution is -0.0316. The predicted octanol–water partition coefficient (Wildman–Crippen LogP) is 5.76. The average Bonchev–Trinajstić information content (AvgIpc) is 2.61. The van der Waals surface area contributed by atoms with Gasteiger partial charge in [-0.05, 0) is 62.3 Å². The van der Waals surface area contributed by atoms with E-state index in [0.717, 1.165) is 18.4 Å². The summed E-state index contributed by atoms with van der Waals surface area (Å²) < 4.78 is 11.2. The van der Waals surface area contributed by atoms with Crippen LogP contribution in [0.2, 0.25) is 0 Å². The molecule has 29 heavy (non-hydrogen) atoms. The highest BCUT2D eigenvalue weighted by molar-refractivity contribution is 5.87. The lowest BCUT2D eigenvalue weighted by atomic mass is 9.82. The standard InChI is InChI=1S/C24H38N2O3/c1-17-10-11-22(28-5)21(14-17)25-23(27)29-20-15-18-8-6-9-19(16-20)26(18)13-7-12-24(2,3)4/h10-11,14,18-20H,6-9,12-13,15-16H2,1-5H3,(H,25,27). The minimum atomic E-state index is -0.377. The van der Waals surface area contributed by atoms with E-state index in [9.17, 15) is 4.79 Å². The number of hydrogen-bond acceptors (Lipinski definition) is 4. The first kappa shape index (κ1) is 21.9. The van der Waals surface area contributed by atoms with Gasteiger partial charge in [-0.3, -0.25) is 10.2 Å². The quantitative estimate of drug-likeness (QED) is 0.657. The Hall–Kier alpha value is -1.75. The van der Waals surface area contributed by atoms with Crippen molar-refractivity contribution in [2.24, 2.45) is 5.41 Å². The maximum atomic E-state index is 12.5. The van der Waals surface area contributed by atoms with E-state index >= 15 is 0 Å². The summed E-state index contributed by atoms with van der Waals surface area (Å²) in [4.78, 5) is 15.2. The van der Waals surface area contributed by atoms with Crippen molar-refractivity contribution in [1.82, 2.24) is 4.90 Å². The molecule has 1 amide bonds. The highest BCUT2D eigenvalue weighted by Gasteiger charge is 2.39. The van der Waals surface area contributed by atoms with Crippen LogP contribution in [0.3, 0.4) is 0 Å². The summed E-state index contributed by atoms with van der Waals surface area (Å²) in [5, 5.41) is 2.88. The van der Waals surface area contributed by atoms with Gasteiger partial charge in [0, 0.05) is 24.9 Å². The molecular weight excluding hydrogens is 364 g/mol. The van der Waals surface area contributed by atoms with Gasteiger partial charge in [0.1, 0.15) is 11.9 Å². The van der Waals surface area contributed by atoms with Crippen molar-refractivity contribution in [3.05, 3.63) is 23.8 Å². The Labute approximate surface area is 176 Å². The number of benzene rings is 1. The monoisotopic (exact) mass is 402 g/mol. The lowest BCUT2D eigenvalue weighted by Gasteiger charge is -2.48. The number of fused-ring (bicyclic) bond motifs is 2. The number of anilines is 1. The van der Waals surface area contributed by atoms with Crippen LogP contribution in [0, 0.1) is 12.3 Å². The molecule has 0 radical (unpaired) electrons. The molecule has 5 heteroatoms. The lowest BCUT2D eigenvalue weighted by Crippen LogP contribution is -2.54. The molecule has 0 aromatic heterocycles. The van der Waals surface area contributed by atoms with E-state index in [-0.39, 0.29) is 12.2 Å². The summed E-state index contributed by atoms with van der Waals surface area (Å²) in [7, 11) is 1.61. The number of aryl methyl sites for hydroxylation is 1. The second-order valence-electron chi connectivity index (χ2n) is 9.97. The van der Waals surface area contributed by atoms with Crippen LogP contribution in [0.15, 0.2) is 18.2 Å². The molecule has 2 fully saturated rings. The minimum absolute atomic E-state index is 0.0000276. The van der Waals surface area contributed by atoms with Crippen LogP contribution in [0.5, 0.6) is 5.75 Å². The van der Waals surface area contributed by atoms with E-state index in [1.54, 1.807) is 7.11 Å². The number of methoxy groups -OCH3 is 1. The molecule has 0 saturated carbocycles. The number of nitrogens with zero attached hydrogens (tertiary/aromatic N) is 1. The van der Waals surface area contributed by atoms with Gasteiger partial charge >= 0.3 is 6.09 Å².